The number of aromatic hydroxyl groups is 2. The van der Waals surface area contributed by atoms with Gasteiger partial charge in [0.25, 0.3) is 0 Å². The Labute approximate surface area is 163 Å². The highest BCUT2D eigenvalue weighted by atomic mass is 16.3. The molecule has 0 unspecified atom stereocenters. The lowest BCUT2D eigenvalue weighted by Gasteiger charge is -2.32. The van der Waals surface area contributed by atoms with Gasteiger partial charge in [-0.3, -0.25) is 0 Å². The highest BCUT2D eigenvalue weighted by molar-refractivity contribution is 5.48. The van der Waals surface area contributed by atoms with Crippen LogP contribution in [0.15, 0.2) is 60.7 Å². The Bertz CT molecular complexity index is 780. The molecule has 0 fully saturated rings. The van der Waals surface area contributed by atoms with Crippen molar-refractivity contribution in [3.8, 4) is 11.5 Å². The van der Waals surface area contributed by atoms with Crippen LogP contribution in [0.25, 0.3) is 0 Å². The molecular weight excluding hydrogens is 332 g/mol. The highest BCUT2D eigenvalue weighted by Crippen LogP contribution is 2.40. The molecule has 0 atom stereocenters. The van der Waals surface area contributed by atoms with E-state index in [1.807, 2.05) is 26.0 Å². The summed E-state index contributed by atoms with van der Waals surface area (Å²) in [7, 11) is 0. The van der Waals surface area contributed by atoms with Gasteiger partial charge < -0.3 is 10.2 Å². The highest BCUT2D eigenvalue weighted by Gasteiger charge is 2.29. The van der Waals surface area contributed by atoms with E-state index in [9.17, 15) is 10.2 Å². The number of phenols is 2. The molecule has 2 nitrogen and oxygen atoms in total. The molecule has 0 heterocycles. The number of hydrogen-bond donors (Lipinski definition) is 2. The second kappa shape index (κ2) is 8.47. The van der Waals surface area contributed by atoms with Crippen molar-refractivity contribution in [1.29, 1.82) is 0 Å². The molecule has 144 valence electrons. The van der Waals surface area contributed by atoms with Crippen molar-refractivity contribution >= 4 is 0 Å². The molecule has 0 amide bonds. The third-order valence-electron chi connectivity index (χ3n) is 5.17. The van der Waals surface area contributed by atoms with E-state index in [0.29, 0.717) is 24.3 Å². The first-order chi connectivity index (χ1) is 12.7. The normalized spacial score (nSPS) is 11.4. The van der Waals surface area contributed by atoms with Crippen molar-refractivity contribution in [2.75, 3.05) is 0 Å². The summed E-state index contributed by atoms with van der Waals surface area (Å²) in [5.41, 5.74) is 5.99. The molecule has 0 spiro atoms. The van der Waals surface area contributed by atoms with Crippen molar-refractivity contribution in [2.45, 2.75) is 58.8 Å². The van der Waals surface area contributed by atoms with Gasteiger partial charge in [0.1, 0.15) is 11.5 Å². The first-order valence-corrected chi connectivity index (χ1v) is 9.61. The van der Waals surface area contributed by atoms with E-state index in [1.165, 1.54) is 11.1 Å². The molecular formula is C25H32O2. The Morgan fingerprint density at radius 3 is 1.59 bits per heavy atom. The predicted octanol–water partition coefficient (Wildman–Crippen LogP) is 6.44. The fourth-order valence-corrected chi connectivity index (χ4v) is 3.75. The minimum atomic E-state index is -0.205. The molecule has 0 radical (unpaired) electrons. The van der Waals surface area contributed by atoms with E-state index in [1.54, 1.807) is 12.1 Å². The zero-order valence-electron chi connectivity index (χ0n) is 17.1. The largest absolute Gasteiger partial charge is 0.508 e. The third kappa shape index (κ3) is 4.82. The van der Waals surface area contributed by atoms with Gasteiger partial charge in [-0.1, -0.05) is 68.8 Å². The van der Waals surface area contributed by atoms with Gasteiger partial charge >= 0.3 is 0 Å². The molecule has 0 bridgehead atoms. The van der Waals surface area contributed by atoms with Crippen molar-refractivity contribution in [3.63, 3.8) is 0 Å². The van der Waals surface area contributed by atoms with Crippen molar-refractivity contribution in [2.24, 2.45) is 0 Å². The summed E-state index contributed by atoms with van der Waals surface area (Å²) in [6, 6.07) is 11.8. The maximum atomic E-state index is 10.2. The monoisotopic (exact) mass is 364 g/mol. The SMILES string of the molecule is C=C(C)Cc1cc(C(C)(CCC)c2ccc(O)c(CC(=C)C)c2)ccc1O. The average molecular weight is 365 g/mol. The number of allylic oxidation sites excluding steroid dienone is 2. The number of hydrogen-bond acceptors (Lipinski definition) is 2. The van der Waals surface area contributed by atoms with Crippen molar-refractivity contribution in [3.05, 3.63) is 83.0 Å². The summed E-state index contributed by atoms with van der Waals surface area (Å²) in [6.45, 7) is 16.3. The molecule has 0 saturated carbocycles. The van der Waals surface area contributed by atoms with E-state index in [-0.39, 0.29) is 5.41 Å². The molecule has 2 rings (SSSR count). The molecule has 27 heavy (non-hydrogen) atoms. The lowest BCUT2D eigenvalue weighted by Crippen LogP contribution is -2.24. The first-order valence-electron chi connectivity index (χ1n) is 9.61. The van der Waals surface area contributed by atoms with Crippen molar-refractivity contribution < 1.29 is 10.2 Å². The molecule has 0 aliphatic heterocycles. The Morgan fingerprint density at radius 1 is 0.852 bits per heavy atom. The van der Waals surface area contributed by atoms with E-state index in [4.69, 9.17) is 0 Å². The minimum absolute atomic E-state index is 0.205. The van der Waals surface area contributed by atoms with Gasteiger partial charge in [-0.2, -0.15) is 0 Å². The summed E-state index contributed by atoms with van der Waals surface area (Å²) in [5.74, 6) is 0.628. The van der Waals surface area contributed by atoms with Crippen LogP contribution >= 0.6 is 0 Å². The van der Waals surface area contributed by atoms with Crippen LogP contribution in [0.3, 0.4) is 0 Å². The van der Waals surface area contributed by atoms with Crippen LogP contribution in [0.2, 0.25) is 0 Å². The number of benzene rings is 2. The van der Waals surface area contributed by atoms with Gasteiger partial charge in [-0.05, 0) is 67.5 Å². The fourth-order valence-electron chi connectivity index (χ4n) is 3.75. The third-order valence-corrected chi connectivity index (χ3v) is 5.17. The lowest BCUT2D eigenvalue weighted by atomic mass is 9.72. The zero-order chi connectivity index (χ0) is 20.2. The van der Waals surface area contributed by atoms with Crippen LogP contribution in [0.4, 0.5) is 0 Å². The summed E-state index contributed by atoms with van der Waals surface area (Å²) in [4.78, 5) is 0. The van der Waals surface area contributed by atoms with Crippen LogP contribution < -0.4 is 0 Å². The van der Waals surface area contributed by atoms with Crippen molar-refractivity contribution in [1.82, 2.24) is 0 Å². The maximum absolute atomic E-state index is 10.2. The van der Waals surface area contributed by atoms with Crippen LogP contribution in [-0.4, -0.2) is 10.2 Å². The summed E-state index contributed by atoms with van der Waals surface area (Å²) in [6.07, 6.45) is 3.34. The predicted molar refractivity (Wildman–Crippen MR) is 115 cm³/mol. The number of rotatable bonds is 8. The Morgan fingerprint density at radius 2 is 1.26 bits per heavy atom. The quantitative estimate of drug-likeness (QED) is 0.529. The van der Waals surface area contributed by atoms with E-state index < -0.39 is 0 Å². The Kier molecular flexibility index (Phi) is 6.54. The van der Waals surface area contributed by atoms with Gasteiger partial charge in [0.05, 0.1) is 0 Å². The summed E-state index contributed by atoms with van der Waals surface area (Å²) < 4.78 is 0. The smallest absolute Gasteiger partial charge is 0.119 e. The second-order valence-corrected chi connectivity index (χ2v) is 8.04. The minimum Gasteiger partial charge on any atom is -0.508 e. The number of phenolic OH excluding ortho intramolecular Hbond substituents is 2. The molecule has 2 N–H and O–H groups in total. The van der Waals surface area contributed by atoms with Crippen LogP contribution in [0.1, 0.15) is 62.8 Å². The average Bonchev–Trinajstić information content (AvgIpc) is 2.58. The van der Waals surface area contributed by atoms with E-state index in [2.05, 4.69) is 39.1 Å². The standard InChI is InChI=1S/C25H32O2/c1-7-12-25(6,21-8-10-23(26)19(15-21)13-17(2)3)22-9-11-24(27)20(16-22)14-18(4)5/h8-11,15-16,26-27H,2,4,7,12-14H2,1,3,5-6H3. The Hall–Kier alpha value is -2.48. The Balaban J connectivity index is 2.58. The van der Waals surface area contributed by atoms with Gasteiger partial charge in [0.2, 0.25) is 0 Å². The van der Waals surface area contributed by atoms with Gasteiger partial charge in [-0.25, -0.2) is 0 Å². The molecule has 0 saturated heterocycles. The topological polar surface area (TPSA) is 40.5 Å². The second-order valence-electron chi connectivity index (χ2n) is 8.04. The van der Waals surface area contributed by atoms with Gasteiger partial charge in [0, 0.05) is 5.41 Å². The molecule has 2 heteroatoms. The van der Waals surface area contributed by atoms with Crippen LogP contribution in [0.5, 0.6) is 11.5 Å². The fraction of sp³-hybridized carbons (Fsp3) is 0.360. The molecule has 2 aromatic rings. The van der Waals surface area contributed by atoms with E-state index >= 15 is 0 Å². The molecule has 0 aliphatic carbocycles. The van der Waals surface area contributed by atoms with Crippen LogP contribution in [-0.2, 0) is 18.3 Å². The maximum Gasteiger partial charge on any atom is 0.119 e. The van der Waals surface area contributed by atoms with E-state index in [0.717, 1.165) is 35.1 Å². The molecule has 0 aromatic heterocycles. The molecule has 2 aromatic carbocycles. The molecule has 0 aliphatic rings. The van der Waals surface area contributed by atoms with Gasteiger partial charge in [-0.15, -0.1) is 0 Å². The van der Waals surface area contributed by atoms with Gasteiger partial charge in [0.15, 0.2) is 0 Å². The lowest BCUT2D eigenvalue weighted by molar-refractivity contribution is 0.463. The first kappa shape index (κ1) is 20.8. The summed E-state index contributed by atoms with van der Waals surface area (Å²) in [5, 5.41) is 20.5. The zero-order valence-corrected chi connectivity index (χ0v) is 17.1. The summed E-state index contributed by atoms with van der Waals surface area (Å²) >= 11 is 0. The van der Waals surface area contributed by atoms with Crippen LogP contribution in [0, 0.1) is 0 Å².